The molecule has 0 amide bonds. The normalized spacial score (nSPS) is 41.7. The summed E-state index contributed by atoms with van der Waals surface area (Å²) in [5.41, 5.74) is 2.14. The lowest BCUT2D eigenvalue weighted by molar-refractivity contribution is -0.993. The van der Waals surface area contributed by atoms with Gasteiger partial charge < -0.3 is 14.4 Å². The largest absolute Gasteiger partial charge is 0.387 e. The van der Waals surface area contributed by atoms with Crippen LogP contribution in [-0.2, 0) is 11.3 Å². The van der Waals surface area contributed by atoms with Crippen molar-refractivity contribution in [3.63, 3.8) is 0 Å². The van der Waals surface area contributed by atoms with Crippen molar-refractivity contribution in [1.82, 2.24) is 4.57 Å². The Kier molecular flexibility index (Phi) is 7.72. The predicted molar refractivity (Wildman–Crippen MR) is 151 cm³/mol. The Balaban J connectivity index is 1.51. The van der Waals surface area contributed by atoms with E-state index in [1.807, 2.05) is 7.11 Å². The van der Waals surface area contributed by atoms with Crippen molar-refractivity contribution in [2.75, 3.05) is 20.2 Å². The fraction of sp³-hybridized carbons (Fsp3) is 0.727. The number of aliphatic hydroxyl groups is 1. The van der Waals surface area contributed by atoms with E-state index in [1.54, 1.807) is 0 Å². The van der Waals surface area contributed by atoms with Gasteiger partial charge in [0.05, 0.1) is 30.6 Å². The fourth-order valence-electron chi connectivity index (χ4n) is 9.62. The Labute approximate surface area is 229 Å². The van der Waals surface area contributed by atoms with Gasteiger partial charge in [0.25, 0.3) is 0 Å². The summed E-state index contributed by atoms with van der Waals surface area (Å²) in [6, 6.07) is 2.16. The van der Waals surface area contributed by atoms with Crippen LogP contribution in [0.15, 0.2) is 36.6 Å². The van der Waals surface area contributed by atoms with E-state index in [4.69, 9.17) is 4.74 Å². The first-order chi connectivity index (χ1) is 18.6. The molecule has 38 heavy (non-hydrogen) atoms. The minimum Gasteiger partial charge on any atom is -0.387 e. The number of hydrogen-bond donors (Lipinski definition) is 1. The lowest BCUT2D eigenvalue weighted by atomic mass is 9.65. The number of aromatic nitrogens is 1. The third-order valence-electron chi connectivity index (χ3n) is 11.0. The number of aryl methyl sites for hydroxylation is 1. The first kappa shape index (κ1) is 26.5. The first-order valence-electron chi connectivity index (χ1n) is 15.7. The number of aliphatic hydroxyl groups excluding tert-OH is 1. The summed E-state index contributed by atoms with van der Waals surface area (Å²) in [5, 5.41) is 12.0. The second-order valence-corrected chi connectivity index (χ2v) is 13.1. The number of ether oxygens (including phenoxy) is 1. The molecule has 1 aliphatic carbocycles. The van der Waals surface area contributed by atoms with Crippen molar-refractivity contribution in [2.45, 2.75) is 121 Å². The maximum atomic E-state index is 14.9. The van der Waals surface area contributed by atoms with Gasteiger partial charge in [-0.3, -0.25) is 9.28 Å². The molecule has 2 spiro atoms. The quantitative estimate of drug-likeness (QED) is 0.338. The Morgan fingerprint density at radius 1 is 1.00 bits per heavy atom. The summed E-state index contributed by atoms with van der Waals surface area (Å²) < 4.78 is 9.58. The van der Waals surface area contributed by atoms with Gasteiger partial charge in [0, 0.05) is 31.7 Å². The first-order valence-corrected chi connectivity index (χ1v) is 15.7. The second-order valence-electron chi connectivity index (χ2n) is 13.1. The zero-order chi connectivity index (χ0) is 26.2. The van der Waals surface area contributed by atoms with Gasteiger partial charge in [0.2, 0.25) is 0 Å². The Hall–Kier alpha value is -1.69. The highest BCUT2D eigenvalue weighted by Gasteiger charge is 2.74. The zero-order valence-electron chi connectivity index (χ0n) is 23.5. The highest BCUT2D eigenvalue weighted by atomic mass is 16.5. The number of piperidine rings is 1. The van der Waals surface area contributed by atoms with Gasteiger partial charge in [-0.1, -0.05) is 69.2 Å². The summed E-state index contributed by atoms with van der Waals surface area (Å²) in [7, 11) is 1.89. The van der Waals surface area contributed by atoms with Crippen LogP contribution in [0.1, 0.15) is 112 Å². The second kappa shape index (κ2) is 11.1. The molecule has 5 heteroatoms. The van der Waals surface area contributed by atoms with Crippen LogP contribution in [0.2, 0.25) is 0 Å². The van der Waals surface area contributed by atoms with Crippen LogP contribution in [0.5, 0.6) is 0 Å². The summed E-state index contributed by atoms with van der Waals surface area (Å²) in [4.78, 5) is 14.9. The van der Waals surface area contributed by atoms with Gasteiger partial charge in [0.1, 0.15) is 12.1 Å². The molecule has 6 rings (SSSR count). The minimum atomic E-state index is -0.533. The smallest absolute Gasteiger partial charge is 0.200 e. The summed E-state index contributed by atoms with van der Waals surface area (Å²) >= 11 is 0. The average molecular weight is 522 g/mol. The van der Waals surface area contributed by atoms with Crippen molar-refractivity contribution < 1.29 is 19.1 Å². The average Bonchev–Trinajstić information content (AvgIpc) is 3.40. The van der Waals surface area contributed by atoms with E-state index in [-0.39, 0.29) is 29.5 Å². The number of hydrogen-bond acceptors (Lipinski definition) is 3. The molecule has 1 N–H and O–H groups in total. The number of Topliss-reactive ketones (excluding diaryl/α,β-unsaturated/α-hetero) is 1. The van der Waals surface area contributed by atoms with Crippen molar-refractivity contribution in [1.29, 1.82) is 0 Å². The van der Waals surface area contributed by atoms with Gasteiger partial charge in [-0.25, -0.2) is 0 Å². The number of quaternary nitrogens is 1. The van der Waals surface area contributed by atoms with E-state index < -0.39 is 6.10 Å². The van der Waals surface area contributed by atoms with Gasteiger partial charge >= 0.3 is 0 Å². The van der Waals surface area contributed by atoms with Gasteiger partial charge in [-0.05, 0) is 50.2 Å². The molecule has 0 aromatic carbocycles. The molecular formula is C33H49N2O3+. The van der Waals surface area contributed by atoms with Crippen LogP contribution in [-0.4, -0.2) is 58.5 Å². The predicted octanol–water partition coefficient (Wildman–Crippen LogP) is 6.52. The standard InChI is InChI=1S/C33H49N2O3/c1-38-32-26-23-33-19-14-10-6-2-3-7-11-15-20-34-21-18-25(26)29(34)31(37)28(33)30-27(36)17-13-9-5-4-8-12-16-22-35(30,32)24-33/h4,8-9,13,18,21,26-28,30,32,36H,2-3,5-7,10-12,14-17,19-20,22-24H2,1H3/q+1/b8-4-,13-9-/t26-,27-,28+,30-,32+,33+,35-/m1/s1. The monoisotopic (exact) mass is 521 g/mol. The molecule has 1 aromatic heterocycles. The molecule has 5 nitrogen and oxygen atoms in total. The Morgan fingerprint density at radius 2 is 1.76 bits per heavy atom. The van der Waals surface area contributed by atoms with Crippen LogP contribution in [0.25, 0.3) is 0 Å². The van der Waals surface area contributed by atoms with Gasteiger partial charge in [0.15, 0.2) is 12.0 Å². The molecule has 0 radical (unpaired) electrons. The maximum Gasteiger partial charge on any atom is 0.200 e. The fourth-order valence-corrected chi connectivity index (χ4v) is 9.62. The van der Waals surface area contributed by atoms with Crippen molar-refractivity contribution in [2.24, 2.45) is 11.3 Å². The molecule has 0 unspecified atom stereocenters. The summed E-state index contributed by atoms with van der Waals surface area (Å²) in [6.07, 6.45) is 26.5. The highest BCUT2D eigenvalue weighted by molar-refractivity contribution is 6.00. The van der Waals surface area contributed by atoms with Crippen molar-refractivity contribution in [3.8, 4) is 0 Å². The van der Waals surface area contributed by atoms with E-state index in [0.29, 0.717) is 12.2 Å². The van der Waals surface area contributed by atoms with E-state index in [2.05, 4.69) is 41.1 Å². The van der Waals surface area contributed by atoms with Crippen molar-refractivity contribution in [3.05, 3.63) is 47.8 Å². The molecule has 2 fully saturated rings. The number of carbonyl (C=O) groups excluding carboxylic acids is 1. The lowest BCUT2D eigenvalue weighted by Crippen LogP contribution is -2.67. The zero-order valence-corrected chi connectivity index (χ0v) is 23.5. The number of fused-ring (bicyclic) bond motifs is 2. The number of methoxy groups -OCH3 is 1. The van der Waals surface area contributed by atoms with Crippen LogP contribution in [0.3, 0.4) is 0 Å². The molecular weight excluding hydrogens is 472 g/mol. The van der Waals surface area contributed by atoms with Crippen LogP contribution in [0.4, 0.5) is 0 Å². The number of rotatable bonds is 1. The topological polar surface area (TPSA) is 51.5 Å². The number of carbonyl (C=O) groups is 1. The van der Waals surface area contributed by atoms with Gasteiger partial charge in [-0.15, -0.1) is 0 Å². The third kappa shape index (κ3) is 4.37. The minimum absolute atomic E-state index is 0.00902. The Morgan fingerprint density at radius 3 is 2.58 bits per heavy atom. The van der Waals surface area contributed by atoms with Crippen LogP contribution in [0, 0.1) is 11.3 Å². The summed E-state index contributed by atoms with van der Waals surface area (Å²) in [6.45, 7) is 2.89. The van der Waals surface area contributed by atoms with E-state index >= 15 is 0 Å². The SMILES string of the molecule is CO[C@H]1[C@@H]2C[C@]34CCCCCCCCCCn5ccc2c5C(=O)[C@@H]3[C@H]2[C@H](O)C/C=C\C/C=C\CCC[N@@+]21C4. The van der Waals surface area contributed by atoms with E-state index in [9.17, 15) is 9.90 Å². The Bertz CT molecular complexity index is 1060. The molecule has 2 saturated heterocycles. The molecule has 1 aromatic rings. The van der Waals surface area contributed by atoms with E-state index in [0.717, 1.165) is 68.3 Å². The molecule has 5 aliphatic rings. The number of nitrogens with zero attached hydrogens (tertiary/aromatic N) is 2. The molecule has 4 bridgehead atoms. The van der Waals surface area contributed by atoms with Crippen LogP contribution >= 0.6 is 0 Å². The molecule has 4 aliphatic heterocycles. The van der Waals surface area contributed by atoms with E-state index in [1.165, 1.54) is 50.5 Å². The highest BCUT2D eigenvalue weighted by Crippen LogP contribution is 2.64. The number of allylic oxidation sites excluding steroid dienone is 3. The van der Waals surface area contributed by atoms with Crippen molar-refractivity contribution >= 4 is 5.78 Å². The summed E-state index contributed by atoms with van der Waals surface area (Å²) in [5.74, 6) is 0.409. The molecule has 208 valence electrons. The molecule has 0 saturated carbocycles. The maximum absolute atomic E-state index is 14.9. The van der Waals surface area contributed by atoms with Crippen LogP contribution < -0.4 is 0 Å². The lowest BCUT2D eigenvalue weighted by Gasteiger charge is -2.53. The molecule has 5 heterocycles. The number of ketones is 1. The third-order valence-corrected chi connectivity index (χ3v) is 11.0. The van der Waals surface area contributed by atoms with Gasteiger partial charge in [-0.2, -0.15) is 0 Å². The molecule has 7 atom stereocenters.